The summed E-state index contributed by atoms with van der Waals surface area (Å²) in [5.74, 6) is 2.28. The van der Waals surface area contributed by atoms with Crippen LogP contribution in [-0.2, 0) is 4.74 Å². The summed E-state index contributed by atoms with van der Waals surface area (Å²) in [4.78, 5) is 0. The molecule has 0 radical (unpaired) electrons. The van der Waals surface area contributed by atoms with E-state index < -0.39 is 0 Å². The molecule has 0 aliphatic rings. The summed E-state index contributed by atoms with van der Waals surface area (Å²) < 4.78 is 17.5. The van der Waals surface area contributed by atoms with Crippen LogP contribution in [0.1, 0.15) is 11.1 Å². The minimum absolute atomic E-state index is 0.384. The van der Waals surface area contributed by atoms with Crippen molar-refractivity contribution in [2.24, 2.45) is 30.7 Å². The van der Waals surface area contributed by atoms with Gasteiger partial charge in [0.2, 0.25) is 11.7 Å². The van der Waals surface area contributed by atoms with Crippen LogP contribution in [0.2, 0.25) is 0 Å². The normalized spacial score (nSPS) is 11.8. The van der Waals surface area contributed by atoms with E-state index in [0.717, 1.165) is 33.9 Å². The molecule has 0 fully saturated rings. The summed E-state index contributed by atoms with van der Waals surface area (Å²) in [6.07, 6.45) is 0. The van der Waals surface area contributed by atoms with Gasteiger partial charge in [-0.15, -0.1) is 20.5 Å². The average molecular weight is 703 g/mol. The third kappa shape index (κ3) is 12.1. The molecule has 11 heteroatoms. The third-order valence-electron chi connectivity index (χ3n) is 7.38. The molecule has 0 saturated carbocycles. The lowest BCUT2D eigenvalue weighted by Crippen LogP contribution is -2.12. The van der Waals surface area contributed by atoms with E-state index in [9.17, 15) is 0 Å². The van der Waals surface area contributed by atoms with Gasteiger partial charge in [-0.05, 0) is 97.1 Å². The SMILES string of the molecule is c1ccc(N=NC(=NNc2ccccc2)c2ccc(OCCOCCOc3ccc(C(N=Nc4ccccc4)=NNc4ccccc4)cc3)cc2)cc1. The van der Waals surface area contributed by atoms with Crippen LogP contribution < -0.4 is 20.3 Å². The molecule has 0 amide bonds. The van der Waals surface area contributed by atoms with Gasteiger partial charge >= 0.3 is 0 Å². The fraction of sp³-hybridized carbons (Fsp3) is 0.0952. The van der Waals surface area contributed by atoms with Gasteiger partial charge in [0.25, 0.3) is 0 Å². The summed E-state index contributed by atoms with van der Waals surface area (Å²) in [6.45, 7) is 1.58. The summed E-state index contributed by atoms with van der Waals surface area (Å²) in [5, 5.41) is 26.5. The molecule has 0 saturated heterocycles. The van der Waals surface area contributed by atoms with Crippen molar-refractivity contribution in [3.63, 3.8) is 0 Å². The van der Waals surface area contributed by atoms with Gasteiger partial charge in [-0.3, -0.25) is 10.9 Å². The zero-order valence-electron chi connectivity index (χ0n) is 28.9. The van der Waals surface area contributed by atoms with Crippen molar-refractivity contribution in [3.8, 4) is 11.5 Å². The first kappa shape index (κ1) is 35.8. The molecule has 264 valence electrons. The highest BCUT2D eigenvalue weighted by atomic mass is 16.5. The summed E-state index contributed by atoms with van der Waals surface area (Å²) in [5.41, 5.74) is 10.8. The van der Waals surface area contributed by atoms with Crippen LogP contribution in [-0.4, -0.2) is 38.1 Å². The molecular weight excluding hydrogens is 665 g/mol. The Morgan fingerprint density at radius 1 is 0.396 bits per heavy atom. The van der Waals surface area contributed by atoms with Crippen molar-refractivity contribution in [2.45, 2.75) is 0 Å². The Hall–Kier alpha value is -6.98. The molecule has 2 N–H and O–H groups in total. The van der Waals surface area contributed by atoms with Gasteiger partial charge < -0.3 is 14.2 Å². The van der Waals surface area contributed by atoms with Crippen LogP contribution in [0, 0.1) is 0 Å². The van der Waals surface area contributed by atoms with Crippen molar-refractivity contribution in [1.29, 1.82) is 0 Å². The number of nitrogens with zero attached hydrogens (tertiary/aromatic N) is 6. The zero-order valence-corrected chi connectivity index (χ0v) is 28.9. The standard InChI is InChI=1S/C42H38N8O3/c1-5-13-35(14-6-1)43-47-41(48-44-36-15-7-2-8-16-36)33-21-25-39(26-22-33)52-31-29-51-30-32-53-40-27-23-34(24-28-40)42(49-45-37-17-9-3-10-18-37)50-46-38-19-11-4-12-20-38/h1-28,43,45H,29-32H2. The van der Waals surface area contributed by atoms with Gasteiger partial charge in [0.1, 0.15) is 24.7 Å². The predicted molar refractivity (Wildman–Crippen MR) is 210 cm³/mol. The Kier molecular flexibility index (Phi) is 13.5. The van der Waals surface area contributed by atoms with Crippen molar-refractivity contribution >= 4 is 34.4 Å². The first-order chi connectivity index (χ1) is 26.3. The Morgan fingerprint density at radius 3 is 1.13 bits per heavy atom. The molecule has 6 aromatic rings. The summed E-state index contributed by atoms with van der Waals surface area (Å²) >= 11 is 0. The molecule has 0 aliphatic heterocycles. The van der Waals surface area contributed by atoms with Gasteiger partial charge in [-0.2, -0.15) is 10.2 Å². The van der Waals surface area contributed by atoms with E-state index in [1.54, 1.807) is 0 Å². The van der Waals surface area contributed by atoms with E-state index >= 15 is 0 Å². The molecule has 0 heterocycles. The maximum atomic E-state index is 5.89. The molecular formula is C42H38N8O3. The second kappa shape index (κ2) is 20.0. The minimum atomic E-state index is 0.384. The number of hydrazone groups is 2. The number of benzene rings is 6. The lowest BCUT2D eigenvalue weighted by Gasteiger charge is -2.10. The Bertz CT molecular complexity index is 1920. The molecule has 53 heavy (non-hydrogen) atoms. The quantitative estimate of drug-likeness (QED) is 0.0341. The van der Waals surface area contributed by atoms with E-state index in [2.05, 4.69) is 41.5 Å². The lowest BCUT2D eigenvalue weighted by atomic mass is 10.2. The molecule has 0 bridgehead atoms. The predicted octanol–water partition coefficient (Wildman–Crippen LogP) is 10.3. The van der Waals surface area contributed by atoms with Crippen molar-refractivity contribution in [2.75, 3.05) is 37.3 Å². The molecule has 6 aromatic carbocycles. The summed E-state index contributed by atoms with van der Waals surface area (Å²) in [6, 6.07) is 53.5. The minimum Gasteiger partial charge on any atom is -0.491 e. The number of amidine groups is 2. The molecule has 0 atom stereocenters. The van der Waals surface area contributed by atoms with E-state index in [4.69, 9.17) is 14.2 Å². The van der Waals surface area contributed by atoms with Crippen LogP contribution in [0.3, 0.4) is 0 Å². The van der Waals surface area contributed by atoms with E-state index in [0.29, 0.717) is 49.6 Å². The topological polar surface area (TPSA) is 126 Å². The summed E-state index contributed by atoms with van der Waals surface area (Å²) in [7, 11) is 0. The second-order valence-corrected chi connectivity index (χ2v) is 11.3. The first-order valence-corrected chi connectivity index (χ1v) is 17.0. The van der Waals surface area contributed by atoms with E-state index in [-0.39, 0.29) is 0 Å². The van der Waals surface area contributed by atoms with Crippen LogP contribution in [0.15, 0.2) is 201 Å². The van der Waals surface area contributed by atoms with Crippen molar-refractivity contribution in [1.82, 2.24) is 0 Å². The Morgan fingerprint density at radius 2 is 0.755 bits per heavy atom. The number of hydrogen-bond acceptors (Lipinski definition) is 9. The number of ether oxygens (including phenoxy) is 3. The van der Waals surface area contributed by atoms with Crippen LogP contribution in [0.5, 0.6) is 11.5 Å². The van der Waals surface area contributed by atoms with Crippen LogP contribution in [0.25, 0.3) is 0 Å². The highest BCUT2D eigenvalue weighted by Crippen LogP contribution is 2.19. The molecule has 0 unspecified atom stereocenters. The first-order valence-electron chi connectivity index (χ1n) is 17.0. The molecule has 6 rings (SSSR count). The fourth-order valence-corrected chi connectivity index (χ4v) is 4.69. The third-order valence-corrected chi connectivity index (χ3v) is 7.38. The smallest absolute Gasteiger partial charge is 0.201 e. The molecule has 0 aromatic heterocycles. The number of hydrogen-bond donors (Lipinski definition) is 2. The molecule has 0 spiro atoms. The number of anilines is 2. The van der Waals surface area contributed by atoms with Gasteiger partial charge in [-0.25, -0.2) is 0 Å². The number of azo groups is 2. The monoisotopic (exact) mass is 702 g/mol. The van der Waals surface area contributed by atoms with Gasteiger partial charge in [-0.1, -0.05) is 72.8 Å². The van der Waals surface area contributed by atoms with Crippen molar-refractivity contribution < 1.29 is 14.2 Å². The fourth-order valence-electron chi connectivity index (χ4n) is 4.69. The van der Waals surface area contributed by atoms with Gasteiger partial charge in [0, 0.05) is 11.1 Å². The largest absolute Gasteiger partial charge is 0.491 e. The number of nitrogens with one attached hydrogen (secondary N) is 2. The second-order valence-electron chi connectivity index (χ2n) is 11.3. The van der Waals surface area contributed by atoms with Gasteiger partial charge in [0.15, 0.2) is 0 Å². The highest BCUT2D eigenvalue weighted by Gasteiger charge is 2.07. The maximum absolute atomic E-state index is 5.89. The van der Waals surface area contributed by atoms with Crippen molar-refractivity contribution in [3.05, 3.63) is 181 Å². The molecule has 11 nitrogen and oxygen atoms in total. The average Bonchev–Trinajstić information content (AvgIpc) is 3.23. The number of para-hydroxylation sites is 2. The molecule has 0 aliphatic carbocycles. The zero-order chi connectivity index (χ0) is 36.2. The maximum Gasteiger partial charge on any atom is 0.201 e. The highest BCUT2D eigenvalue weighted by molar-refractivity contribution is 6.00. The lowest BCUT2D eigenvalue weighted by molar-refractivity contribution is 0.0764. The Balaban J connectivity index is 0.952. The van der Waals surface area contributed by atoms with E-state index in [1.165, 1.54) is 0 Å². The Labute approximate surface area is 308 Å². The van der Waals surface area contributed by atoms with Gasteiger partial charge in [0.05, 0.1) is 36.0 Å². The number of rotatable bonds is 16. The van der Waals surface area contributed by atoms with Crippen LogP contribution in [0.4, 0.5) is 22.7 Å². The van der Waals surface area contributed by atoms with Crippen LogP contribution >= 0.6 is 0 Å². The van der Waals surface area contributed by atoms with E-state index in [1.807, 2.05) is 170 Å².